The Morgan fingerprint density at radius 1 is 1.15 bits per heavy atom. The summed E-state index contributed by atoms with van der Waals surface area (Å²) >= 11 is 0. The molecule has 0 aliphatic carbocycles. The van der Waals surface area contributed by atoms with E-state index in [2.05, 4.69) is 5.32 Å². The molecule has 188 valence electrons. The molecule has 0 aromatic heterocycles. The summed E-state index contributed by atoms with van der Waals surface area (Å²) in [7, 11) is 4.80. The molecule has 1 fully saturated rings. The van der Waals surface area contributed by atoms with E-state index in [4.69, 9.17) is 4.74 Å². The maximum absolute atomic E-state index is 13.4. The predicted octanol–water partition coefficient (Wildman–Crippen LogP) is 1.07. The van der Waals surface area contributed by atoms with Crippen molar-refractivity contribution in [3.8, 4) is 0 Å². The van der Waals surface area contributed by atoms with Gasteiger partial charge in [-0.3, -0.25) is 19.2 Å². The van der Waals surface area contributed by atoms with Gasteiger partial charge in [-0.1, -0.05) is 30.3 Å². The molecule has 9 heteroatoms. The lowest BCUT2D eigenvalue weighted by molar-refractivity contribution is -0.161. The first-order chi connectivity index (χ1) is 15.9. The number of nitrogens with one attached hydrogen (secondary N) is 1. The smallest absolute Gasteiger partial charge is 0.326 e. The summed E-state index contributed by atoms with van der Waals surface area (Å²) in [6.45, 7) is 7.31. The van der Waals surface area contributed by atoms with Gasteiger partial charge in [-0.05, 0) is 46.7 Å². The number of carbonyl (C=O) groups is 4. The van der Waals surface area contributed by atoms with Crippen LogP contribution in [0.15, 0.2) is 30.3 Å². The fraction of sp³-hybridized carbons (Fsp3) is 0.600. The average Bonchev–Trinajstić information content (AvgIpc) is 2.74. The summed E-state index contributed by atoms with van der Waals surface area (Å²) in [5, 5.41) is 2.90. The summed E-state index contributed by atoms with van der Waals surface area (Å²) in [5.41, 5.74) is 0.221. The van der Waals surface area contributed by atoms with Crippen molar-refractivity contribution in [3.05, 3.63) is 35.9 Å². The van der Waals surface area contributed by atoms with E-state index in [1.54, 1.807) is 46.7 Å². The molecular formula is C25H38N4O5. The quantitative estimate of drug-likeness (QED) is 0.538. The van der Waals surface area contributed by atoms with E-state index in [0.29, 0.717) is 13.0 Å². The normalized spacial score (nSPS) is 17.3. The maximum atomic E-state index is 13.4. The Balaban J connectivity index is 2.20. The third-order valence-electron chi connectivity index (χ3n) is 5.93. The number of hydrogen-bond donors (Lipinski definition) is 1. The number of benzene rings is 1. The van der Waals surface area contributed by atoms with Gasteiger partial charge in [-0.2, -0.15) is 0 Å². The molecular weight excluding hydrogens is 436 g/mol. The highest BCUT2D eigenvalue weighted by Crippen LogP contribution is 2.23. The highest BCUT2D eigenvalue weighted by Gasteiger charge is 2.42. The third-order valence-corrected chi connectivity index (χ3v) is 5.93. The lowest BCUT2D eigenvalue weighted by atomic mass is 9.97. The second-order valence-electron chi connectivity index (χ2n) is 9.78. The van der Waals surface area contributed by atoms with Crippen LogP contribution >= 0.6 is 0 Å². The standard InChI is InChI=1S/C25H38N4O5/c1-17(26-5)22(31)29-14-13-19(29)24(33)28(7)20(15-18-11-9-8-10-12-18)23(32)27(6)16-21(30)34-25(2,3)4/h8-12,17,19-20,26H,13-16H2,1-7H3/t17-,19-,20-/m0/s1. The van der Waals surface area contributed by atoms with Crippen molar-refractivity contribution in [2.24, 2.45) is 0 Å². The van der Waals surface area contributed by atoms with Gasteiger partial charge in [0.25, 0.3) is 0 Å². The number of likely N-dealkylation sites (N-methyl/N-ethyl adjacent to an activating group) is 3. The molecule has 1 heterocycles. The monoisotopic (exact) mass is 474 g/mol. The largest absolute Gasteiger partial charge is 0.459 e. The van der Waals surface area contributed by atoms with Crippen LogP contribution in [0.25, 0.3) is 0 Å². The minimum atomic E-state index is -0.832. The molecule has 0 spiro atoms. The molecule has 1 saturated heterocycles. The second-order valence-corrected chi connectivity index (χ2v) is 9.78. The zero-order valence-electron chi connectivity index (χ0n) is 21.3. The molecule has 1 aromatic carbocycles. The minimum Gasteiger partial charge on any atom is -0.459 e. The van der Waals surface area contributed by atoms with Gasteiger partial charge in [0.1, 0.15) is 24.2 Å². The van der Waals surface area contributed by atoms with Crippen molar-refractivity contribution in [1.82, 2.24) is 20.0 Å². The fourth-order valence-electron chi connectivity index (χ4n) is 3.80. The van der Waals surface area contributed by atoms with Gasteiger partial charge < -0.3 is 24.8 Å². The van der Waals surface area contributed by atoms with Crippen molar-refractivity contribution in [1.29, 1.82) is 0 Å². The molecule has 0 unspecified atom stereocenters. The number of rotatable bonds is 9. The SMILES string of the molecule is CN[C@@H](C)C(=O)N1CC[C@H]1C(=O)N(C)[C@@H](Cc1ccccc1)C(=O)N(C)CC(=O)OC(C)(C)C. The Kier molecular flexibility index (Phi) is 9.21. The molecule has 3 amide bonds. The van der Waals surface area contributed by atoms with Crippen LogP contribution in [0.5, 0.6) is 0 Å². The van der Waals surface area contributed by atoms with Crippen molar-refractivity contribution >= 4 is 23.7 Å². The molecule has 1 aromatic rings. The van der Waals surface area contributed by atoms with E-state index in [9.17, 15) is 19.2 Å². The van der Waals surface area contributed by atoms with Crippen molar-refractivity contribution < 1.29 is 23.9 Å². The fourth-order valence-corrected chi connectivity index (χ4v) is 3.80. The Morgan fingerprint density at radius 2 is 1.76 bits per heavy atom. The number of amides is 3. The van der Waals surface area contributed by atoms with E-state index in [1.165, 1.54) is 16.8 Å². The molecule has 0 bridgehead atoms. The summed E-state index contributed by atoms with van der Waals surface area (Å²) in [5.74, 6) is -1.32. The predicted molar refractivity (Wildman–Crippen MR) is 129 cm³/mol. The van der Waals surface area contributed by atoms with Crippen LogP contribution in [0, 0.1) is 0 Å². The molecule has 1 aliphatic rings. The summed E-state index contributed by atoms with van der Waals surface area (Å²) < 4.78 is 5.34. The van der Waals surface area contributed by atoms with E-state index < -0.39 is 29.7 Å². The zero-order chi connectivity index (χ0) is 25.6. The number of likely N-dealkylation sites (tertiary alicyclic amines) is 1. The number of esters is 1. The van der Waals surface area contributed by atoms with Crippen LogP contribution in [-0.2, 0) is 30.3 Å². The van der Waals surface area contributed by atoms with Crippen LogP contribution < -0.4 is 5.32 Å². The first-order valence-electron chi connectivity index (χ1n) is 11.6. The molecule has 0 saturated carbocycles. The van der Waals surface area contributed by atoms with Crippen molar-refractivity contribution in [2.45, 2.75) is 64.3 Å². The Hall–Kier alpha value is -2.94. The Morgan fingerprint density at radius 3 is 2.26 bits per heavy atom. The van der Waals surface area contributed by atoms with Gasteiger partial charge in [-0.25, -0.2) is 0 Å². The lowest BCUT2D eigenvalue weighted by Crippen LogP contribution is -2.63. The lowest BCUT2D eigenvalue weighted by Gasteiger charge is -2.44. The molecule has 2 rings (SSSR count). The molecule has 3 atom stereocenters. The molecule has 9 nitrogen and oxygen atoms in total. The van der Waals surface area contributed by atoms with Crippen LogP contribution in [0.2, 0.25) is 0 Å². The third kappa shape index (κ3) is 7.03. The number of nitrogens with zero attached hydrogens (tertiary/aromatic N) is 3. The first kappa shape index (κ1) is 27.3. The first-order valence-corrected chi connectivity index (χ1v) is 11.6. The van der Waals surface area contributed by atoms with Crippen molar-refractivity contribution in [3.63, 3.8) is 0 Å². The van der Waals surface area contributed by atoms with Gasteiger partial charge in [0.2, 0.25) is 17.7 Å². The van der Waals surface area contributed by atoms with Crippen molar-refractivity contribution in [2.75, 3.05) is 34.2 Å². The van der Waals surface area contributed by atoms with E-state index >= 15 is 0 Å². The van der Waals surface area contributed by atoms with Crippen LogP contribution in [0.3, 0.4) is 0 Å². The minimum absolute atomic E-state index is 0.145. The zero-order valence-corrected chi connectivity index (χ0v) is 21.3. The number of carbonyl (C=O) groups excluding carboxylic acids is 4. The summed E-state index contributed by atoms with van der Waals surface area (Å²) in [6, 6.07) is 7.56. The molecule has 34 heavy (non-hydrogen) atoms. The Bertz CT molecular complexity index is 883. The van der Waals surface area contributed by atoms with Gasteiger partial charge >= 0.3 is 5.97 Å². The molecule has 1 N–H and O–H groups in total. The van der Waals surface area contributed by atoms with Gasteiger partial charge in [0, 0.05) is 27.1 Å². The highest BCUT2D eigenvalue weighted by molar-refractivity contribution is 5.94. The van der Waals surface area contributed by atoms with Crippen LogP contribution in [0.4, 0.5) is 0 Å². The molecule has 0 radical (unpaired) electrons. The maximum Gasteiger partial charge on any atom is 0.326 e. The van der Waals surface area contributed by atoms with Gasteiger partial charge in [0.05, 0.1) is 6.04 Å². The number of hydrogen-bond acceptors (Lipinski definition) is 6. The number of ether oxygens (including phenoxy) is 1. The van der Waals surface area contributed by atoms with Gasteiger partial charge in [0.15, 0.2) is 0 Å². The van der Waals surface area contributed by atoms with Crippen LogP contribution in [0.1, 0.15) is 39.7 Å². The highest BCUT2D eigenvalue weighted by atomic mass is 16.6. The second kappa shape index (κ2) is 11.5. The molecule has 1 aliphatic heterocycles. The van der Waals surface area contributed by atoms with E-state index in [1.807, 2.05) is 30.3 Å². The Labute approximate surface area is 202 Å². The van der Waals surface area contributed by atoms with E-state index in [-0.39, 0.29) is 30.7 Å². The summed E-state index contributed by atoms with van der Waals surface area (Å²) in [6.07, 6.45) is 0.833. The topological polar surface area (TPSA) is 99.3 Å². The average molecular weight is 475 g/mol. The van der Waals surface area contributed by atoms with Crippen LogP contribution in [-0.4, -0.2) is 96.3 Å². The summed E-state index contributed by atoms with van der Waals surface area (Å²) in [4.78, 5) is 55.9. The van der Waals surface area contributed by atoms with Gasteiger partial charge in [-0.15, -0.1) is 0 Å². The van der Waals surface area contributed by atoms with E-state index in [0.717, 1.165) is 5.56 Å².